The fraction of sp³-hybridized carbons (Fsp3) is 0.448. The van der Waals surface area contributed by atoms with E-state index in [1.807, 2.05) is 43.3 Å². The lowest BCUT2D eigenvalue weighted by atomic mass is 9.71. The molecule has 1 aromatic heterocycles. The van der Waals surface area contributed by atoms with Gasteiger partial charge in [-0.3, -0.25) is 13.9 Å². The molecule has 0 unspecified atom stereocenters. The number of hydrogen-bond donors (Lipinski definition) is 0. The molecule has 1 atom stereocenters. The molecule has 2 aliphatic rings. The van der Waals surface area contributed by atoms with Crippen LogP contribution in [-0.2, 0) is 24.9 Å². The maximum absolute atomic E-state index is 14.8. The predicted molar refractivity (Wildman–Crippen MR) is 133 cm³/mol. The number of fused-ring (bicyclic) bond motifs is 2. The first-order chi connectivity index (χ1) is 16.4. The van der Waals surface area contributed by atoms with E-state index in [1.54, 1.807) is 10.6 Å². The summed E-state index contributed by atoms with van der Waals surface area (Å²) in [5.74, 6) is -0.293. The zero-order chi connectivity index (χ0) is 23.9. The van der Waals surface area contributed by atoms with Gasteiger partial charge in [-0.15, -0.1) is 0 Å². The molecule has 2 aromatic carbocycles. The largest absolute Gasteiger partial charge is 0.331 e. The number of benzene rings is 2. The van der Waals surface area contributed by atoms with Gasteiger partial charge in [0.15, 0.2) is 0 Å². The maximum Gasteiger partial charge on any atom is 0.331 e. The Balaban J connectivity index is 1.68. The van der Waals surface area contributed by atoms with Gasteiger partial charge in [0.2, 0.25) is 0 Å². The van der Waals surface area contributed by atoms with E-state index in [9.17, 15) is 14.0 Å². The number of aryl methyl sites for hydroxylation is 1. The minimum atomic E-state index is -0.318. The van der Waals surface area contributed by atoms with Crippen LogP contribution in [0.3, 0.4) is 0 Å². The third-order valence-electron chi connectivity index (χ3n) is 8.21. The molecule has 0 amide bonds. The van der Waals surface area contributed by atoms with Crippen molar-refractivity contribution in [2.75, 3.05) is 0 Å². The monoisotopic (exact) mass is 460 g/mol. The number of hydrogen-bond acceptors (Lipinski definition) is 2. The highest BCUT2D eigenvalue weighted by Gasteiger charge is 2.44. The van der Waals surface area contributed by atoms with Crippen LogP contribution in [0, 0.1) is 12.7 Å². The Kier molecular flexibility index (Phi) is 6.05. The molecule has 0 saturated heterocycles. The molecule has 1 heterocycles. The SMILES string of the molecule is Cc1cccc(F)c1Cn1c2c(c(=O)n(C[C@H](C)c3ccccc3)c1=O)C1(CCCCC1)CC2. The Morgan fingerprint density at radius 3 is 2.38 bits per heavy atom. The molecule has 1 fully saturated rings. The van der Waals surface area contributed by atoms with Crippen molar-refractivity contribution in [1.29, 1.82) is 0 Å². The van der Waals surface area contributed by atoms with Crippen molar-refractivity contribution in [2.24, 2.45) is 0 Å². The normalized spacial score (nSPS) is 17.6. The quantitative estimate of drug-likeness (QED) is 0.508. The Morgan fingerprint density at radius 2 is 1.68 bits per heavy atom. The van der Waals surface area contributed by atoms with Crippen molar-refractivity contribution in [3.05, 3.63) is 103 Å². The minimum absolute atomic E-state index is 0.0111. The average Bonchev–Trinajstić information content (AvgIpc) is 3.20. The van der Waals surface area contributed by atoms with Crippen LogP contribution in [0.5, 0.6) is 0 Å². The van der Waals surface area contributed by atoms with E-state index < -0.39 is 0 Å². The second kappa shape index (κ2) is 9.01. The highest BCUT2D eigenvalue weighted by molar-refractivity contribution is 5.36. The maximum atomic E-state index is 14.8. The van der Waals surface area contributed by atoms with E-state index in [1.165, 1.54) is 17.1 Å². The average molecular weight is 461 g/mol. The van der Waals surface area contributed by atoms with Crippen LogP contribution in [0.1, 0.15) is 79.3 Å². The molecule has 5 rings (SSSR count). The second-order valence-corrected chi connectivity index (χ2v) is 10.3. The Morgan fingerprint density at radius 1 is 0.941 bits per heavy atom. The lowest BCUT2D eigenvalue weighted by Gasteiger charge is -2.34. The van der Waals surface area contributed by atoms with E-state index in [0.717, 1.165) is 54.5 Å². The summed E-state index contributed by atoms with van der Waals surface area (Å²) in [7, 11) is 0. The molecule has 2 aliphatic carbocycles. The Hall–Kier alpha value is -2.95. The third kappa shape index (κ3) is 3.85. The van der Waals surface area contributed by atoms with E-state index in [-0.39, 0.29) is 34.9 Å². The van der Waals surface area contributed by atoms with Crippen molar-refractivity contribution in [2.45, 2.75) is 83.2 Å². The van der Waals surface area contributed by atoms with Crippen molar-refractivity contribution < 1.29 is 4.39 Å². The third-order valence-corrected chi connectivity index (χ3v) is 8.21. The van der Waals surface area contributed by atoms with E-state index in [2.05, 4.69) is 6.92 Å². The molecule has 1 saturated carbocycles. The van der Waals surface area contributed by atoms with Crippen LogP contribution >= 0.6 is 0 Å². The second-order valence-electron chi connectivity index (χ2n) is 10.3. The molecule has 4 nitrogen and oxygen atoms in total. The molecule has 5 heteroatoms. The van der Waals surface area contributed by atoms with Crippen LogP contribution in [0.4, 0.5) is 4.39 Å². The summed E-state index contributed by atoms with van der Waals surface area (Å²) in [6.07, 6.45) is 7.05. The van der Waals surface area contributed by atoms with Crippen molar-refractivity contribution in [3.63, 3.8) is 0 Å². The summed E-state index contributed by atoms with van der Waals surface area (Å²) < 4.78 is 17.9. The van der Waals surface area contributed by atoms with Crippen LogP contribution in [-0.4, -0.2) is 9.13 Å². The summed E-state index contributed by atoms with van der Waals surface area (Å²) in [4.78, 5) is 27.8. The van der Waals surface area contributed by atoms with Gasteiger partial charge < -0.3 is 0 Å². The molecule has 34 heavy (non-hydrogen) atoms. The van der Waals surface area contributed by atoms with Gasteiger partial charge in [-0.2, -0.15) is 0 Å². The van der Waals surface area contributed by atoms with Gasteiger partial charge in [-0.25, -0.2) is 9.18 Å². The minimum Gasteiger partial charge on any atom is -0.293 e. The summed E-state index contributed by atoms with van der Waals surface area (Å²) in [5.41, 5.74) is 3.54. The van der Waals surface area contributed by atoms with Crippen molar-refractivity contribution in [3.8, 4) is 0 Å². The van der Waals surface area contributed by atoms with Gasteiger partial charge in [-0.05, 0) is 55.7 Å². The standard InChI is InChI=1S/C29H33FN2O2/c1-20-10-9-13-24(30)23(20)19-31-25-14-17-29(15-7-4-8-16-29)26(25)27(33)32(28(31)34)18-21(2)22-11-5-3-6-12-22/h3,5-6,9-13,21H,4,7-8,14-19H2,1-2H3/t21-/m0/s1. The lowest BCUT2D eigenvalue weighted by Crippen LogP contribution is -2.46. The number of halogens is 1. The van der Waals surface area contributed by atoms with Crippen LogP contribution in [0.2, 0.25) is 0 Å². The zero-order valence-corrected chi connectivity index (χ0v) is 20.1. The number of nitrogens with zero attached hydrogens (tertiary/aromatic N) is 2. The molecule has 3 aromatic rings. The molecule has 0 N–H and O–H groups in total. The van der Waals surface area contributed by atoms with Gasteiger partial charge in [-0.1, -0.05) is 68.7 Å². The van der Waals surface area contributed by atoms with Crippen LogP contribution in [0.25, 0.3) is 0 Å². The fourth-order valence-electron chi connectivity index (χ4n) is 6.26. The van der Waals surface area contributed by atoms with Gasteiger partial charge >= 0.3 is 5.69 Å². The Bertz CT molecular complexity index is 1300. The first-order valence-electron chi connectivity index (χ1n) is 12.6. The Labute approximate surface area is 200 Å². The van der Waals surface area contributed by atoms with Gasteiger partial charge in [0, 0.05) is 28.8 Å². The van der Waals surface area contributed by atoms with Gasteiger partial charge in [0.25, 0.3) is 5.56 Å². The molecule has 178 valence electrons. The predicted octanol–water partition coefficient (Wildman–Crippen LogP) is 5.46. The summed E-state index contributed by atoms with van der Waals surface area (Å²) in [5, 5.41) is 0. The molecule has 0 aliphatic heterocycles. The zero-order valence-electron chi connectivity index (χ0n) is 20.1. The summed E-state index contributed by atoms with van der Waals surface area (Å²) in [6, 6.07) is 15.0. The van der Waals surface area contributed by atoms with Crippen molar-refractivity contribution in [1.82, 2.24) is 9.13 Å². The first kappa shape index (κ1) is 22.8. The summed E-state index contributed by atoms with van der Waals surface area (Å²) >= 11 is 0. The van der Waals surface area contributed by atoms with E-state index >= 15 is 0 Å². The van der Waals surface area contributed by atoms with Gasteiger partial charge in [0.1, 0.15) is 5.82 Å². The molecular formula is C29H33FN2O2. The summed E-state index contributed by atoms with van der Waals surface area (Å²) in [6.45, 7) is 4.41. The highest BCUT2D eigenvalue weighted by Crippen LogP contribution is 2.47. The molecule has 1 spiro atoms. The lowest BCUT2D eigenvalue weighted by molar-refractivity contribution is 0.288. The fourth-order valence-corrected chi connectivity index (χ4v) is 6.26. The smallest absolute Gasteiger partial charge is 0.293 e. The highest BCUT2D eigenvalue weighted by atomic mass is 19.1. The molecule has 0 radical (unpaired) electrons. The number of rotatable bonds is 5. The van der Waals surface area contributed by atoms with Crippen molar-refractivity contribution >= 4 is 0 Å². The molecule has 0 bridgehead atoms. The first-order valence-corrected chi connectivity index (χ1v) is 12.6. The van der Waals surface area contributed by atoms with Gasteiger partial charge in [0.05, 0.1) is 6.54 Å². The van der Waals surface area contributed by atoms with E-state index in [4.69, 9.17) is 0 Å². The number of aromatic nitrogens is 2. The molecular weight excluding hydrogens is 427 g/mol. The van der Waals surface area contributed by atoms with E-state index in [0.29, 0.717) is 18.5 Å². The topological polar surface area (TPSA) is 44.0 Å². The van der Waals surface area contributed by atoms with Crippen LogP contribution < -0.4 is 11.2 Å². The van der Waals surface area contributed by atoms with Crippen LogP contribution in [0.15, 0.2) is 58.1 Å².